The maximum Gasteiger partial charge on any atom is 0.0686 e. The summed E-state index contributed by atoms with van der Waals surface area (Å²) in [4.78, 5) is 12.6. The quantitative estimate of drug-likeness (QED) is 0.632. The van der Waals surface area contributed by atoms with Gasteiger partial charge < -0.3 is 9.90 Å². The molecular weight excluding hydrogens is 468 g/mol. The second-order valence-corrected chi connectivity index (χ2v) is 6.69. The molecule has 0 saturated heterocycles. The number of phenols is 1. The Labute approximate surface area is 156 Å². The van der Waals surface area contributed by atoms with E-state index in [1.807, 2.05) is 12.1 Å². The van der Waals surface area contributed by atoms with Crippen molar-refractivity contribution in [3.63, 3.8) is 0 Å². The first-order valence-corrected chi connectivity index (χ1v) is 8.20. The number of hydrogen-bond acceptors (Lipinski definition) is 2. The Morgan fingerprint density at radius 2 is 1.75 bits per heavy atom. The van der Waals surface area contributed by atoms with E-state index < -0.39 is 0 Å². The maximum atomic E-state index is 12.6. The van der Waals surface area contributed by atoms with Crippen LogP contribution in [0.25, 0.3) is 16.7 Å². The minimum absolute atomic E-state index is 0. The summed E-state index contributed by atoms with van der Waals surface area (Å²) in [6, 6.07) is 13.8. The molecule has 0 radical (unpaired) electrons. The van der Waals surface area contributed by atoms with E-state index in [4.69, 9.17) is 0 Å². The summed E-state index contributed by atoms with van der Waals surface area (Å²) >= 11 is 0. The minimum atomic E-state index is 0. The number of fused-ring (bicyclic) bond motifs is 2. The summed E-state index contributed by atoms with van der Waals surface area (Å²) in [5.41, 5.74) is 4.53. The zero-order chi connectivity index (χ0) is 16.0. The van der Waals surface area contributed by atoms with E-state index in [9.17, 15) is 9.90 Å². The average Bonchev–Trinajstić information content (AvgIpc) is 2.96. The Morgan fingerprint density at radius 3 is 2.50 bits per heavy atom. The standard InChI is InChI=1S/C21H19O2.W/c1-13-2-5-15(6-3-13)16-8-9-20(22)18(12-16)19-11-14-4-7-17(10-14)21(19)23;/h2-3,5-6,8-9,12,14,17,22H,4,7,10H2,1H3;/q-1;. The molecule has 122 valence electrons. The first-order chi connectivity index (χ1) is 11.1. The number of ketones is 1. The summed E-state index contributed by atoms with van der Waals surface area (Å²) in [7, 11) is 0. The van der Waals surface area contributed by atoms with Crippen LogP contribution in [0.4, 0.5) is 0 Å². The number of benzene rings is 2. The molecule has 0 aliphatic heterocycles. The van der Waals surface area contributed by atoms with Gasteiger partial charge in [-0.3, -0.25) is 0 Å². The van der Waals surface area contributed by atoms with E-state index in [0.29, 0.717) is 17.1 Å². The van der Waals surface area contributed by atoms with Crippen molar-refractivity contribution in [1.29, 1.82) is 0 Å². The van der Waals surface area contributed by atoms with Crippen LogP contribution < -0.4 is 0 Å². The molecule has 2 nitrogen and oxygen atoms in total. The van der Waals surface area contributed by atoms with Crippen LogP contribution in [0, 0.1) is 24.8 Å². The zero-order valence-electron chi connectivity index (χ0n) is 13.6. The number of aromatic hydroxyl groups is 1. The Bertz CT molecular complexity index is 805. The Kier molecular flexibility index (Phi) is 4.78. The van der Waals surface area contributed by atoms with Crippen LogP contribution in [0.1, 0.15) is 30.4 Å². The molecular formula is C21H19O2W-. The van der Waals surface area contributed by atoms with Crippen LogP contribution in [0.15, 0.2) is 42.5 Å². The fourth-order valence-electron chi connectivity index (χ4n) is 3.70. The summed E-state index contributed by atoms with van der Waals surface area (Å²) < 4.78 is 0. The van der Waals surface area contributed by atoms with Gasteiger partial charge >= 0.3 is 0 Å². The van der Waals surface area contributed by atoms with Crippen LogP contribution in [0.2, 0.25) is 0 Å². The van der Waals surface area contributed by atoms with E-state index in [1.54, 1.807) is 6.07 Å². The van der Waals surface area contributed by atoms with Gasteiger partial charge in [-0.2, -0.15) is 6.08 Å². The molecule has 2 aliphatic carbocycles. The number of carbonyl (C=O) groups excluding carboxylic acids is 1. The van der Waals surface area contributed by atoms with Crippen molar-refractivity contribution in [2.45, 2.75) is 26.2 Å². The van der Waals surface area contributed by atoms with Crippen LogP contribution in [-0.2, 0) is 25.9 Å². The topological polar surface area (TPSA) is 37.3 Å². The van der Waals surface area contributed by atoms with E-state index in [-0.39, 0.29) is 38.5 Å². The van der Waals surface area contributed by atoms with Gasteiger partial charge in [-0.15, -0.1) is 5.57 Å². The third-order valence-electron chi connectivity index (χ3n) is 5.05. The van der Waals surface area contributed by atoms with E-state index >= 15 is 0 Å². The van der Waals surface area contributed by atoms with E-state index in [1.165, 1.54) is 5.56 Å². The van der Waals surface area contributed by atoms with Gasteiger partial charge in [-0.25, -0.2) is 0 Å². The fraction of sp³-hybridized carbons (Fsp3) is 0.286. The average molecular weight is 487 g/mol. The van der Waals surface area contributed by atoms with Crippen molar-refractivity contribution in [1.82, 2.24) is 0 Å². The van der Waals surface area contributed by atoms with Crippen LogP contribution in [0.3, 0.4) is 0 Å². The van der Waals surface area contributed by atoms with Crippen molar-refractivity contribution >= 4 is 11.4 Å². The molecule has 24 heavy (non-hydrogen) atoms. The number of aryl methyl sites for hydroxylation is 1. The molecule has 4 rings (SSSR count). The van der Waals surface area contributed by atoms with Gasteiger partial charge in [0.25, 0.3) is 0 Å². The molecule has 2 aromatic rings. The van der Waals surface area contributed by atoms with Gasteiger partial charge in [-0.1, -0.05) is 72.7 Å². The van der Waals surface area contributed by atoms with Gasteiger partial charge in [-0.05, 0) is 30.0 Å². The van der Waals surface area contributed by atoms with Crippen molar-refractivity contribution < 1.29 is 31.0 Å². The van der Waals surface area contributed by atoms with Gasteiger partial charge in [0.1, 0.15) is 0 Å². The largest absolute Gasteiger partial charge is 0.520 e. The number of phenolic OH excluding ortho intramolecular Hbond substituents is 1. The molecule has 0 amide bonds. The molecule has 2 atom stereocenters. The number of rotatable bonds is 2. The summed E-state index contributed by atoms with van der Waals surface area (Å²) in [6.45, 7) is 2.06. The van der Waals surface area contributed by atoms with Gasteiger partial charge in [0.15, 0.2) is 0 Å². The summed E-state index contributed by atoms with van der Waals surface area (Å²) in [6.07, 6.45) is 6.27. The molecule has 1 N–H and O–H groups in total. The second-order valence-electron chi connectivity index (χ2n) is 6.69. The normalized spacial score (nSPS) is 22.0. The summed E-state index contributed by atoms with van der Waals surface area (Å²) in [5.74, 6) is 0.807. The zero-order valence-corrected chi connectivity index (χ0v) is 16.5. The summed E-state index contributed by atoms with van der Waals surface area (Å²) in [5, 5.41) is 10.3. The minimum Gasteiger partial charge on any atom is -0.520 e. The molecule has 2 unspecified atom stereocenters. The smallest absolute Gasteiger partial charge is 0.0686 e. The molecule has 1 fully saturated rings. The SMILES string of the molecule is Cc1ccc(-c2ccc(O)c(C3=[C-]C4CCC(C4)C3=O)c2)cc1.[W]. The third-order valence-corrected chi connectivity index (χ3v) is 5.05. The monoisotopic (exact) mass is 487 g/mol. The first-order valence-electron chi connectivity index (χ1n) is 8.20. The maximum absolute atomic E-state index is 12.6. The number of hydrogen-bond donors (Lipinski definition) is 1. The van der Waals surface area contributed by atoms with Gasteiger partial charge in [0.2, 0.25) is 0 Å². The van der Waals surface area contributed by atoms with Gasteiger partial charge in [0, 0.05) is 21.1 Å². The second kappa shape index (κ2) is 6.68. The van der Waals surface area contributed by atoms with Crippen LogP contribution in [0.5, 0.6) is 5.75 Å². The molecule has 0 aromatic heterocycles. The van der Waals surface area contributed by atoms with Crippen molar-refractivity contribution in [2.75, 3.05) is 0 Å². The van der Waals surface area contributed by atoms with Crippen LogP contribution >= 0.6 is 0 Å². The molecule has 0 heterocycles. The van der Waals surface area contributed by atoms with Gasteiger partial charge in [0.05, 0.1) is 11.5 Å². The van der Waals surface area contributed by atoms with Crippen LogP contribution in [-0.4, -0.2) is 10.9 Å². The Balaban J connectivity index is 0.00000169. The predicted octanol–water partition coefficient (Wildman–Crippen LogP) is 4.55. The van der Waals surface area contributed by atoms with Crippen molar-refractivity contribution in [3.8, 4) is 16.9 Å². The molecule has 1 saturated carbocycles. The number of allylic oxidation sites excluding steroid dienone is 2. The Morgan fingerprint density at radius 1 is 1.04 bits per heavy atom. The molecule has 2 bridgehead atoms. The third kappa shape index (κ3) is 3.00. The fourth-order valence-corrected chi connectivity index (χ4v) is 3.70. The number of Topliss-reactive ketones (excluding diaryl/α,β-unsaturated/α-hetero) is 1. The first kappa shape index (κ1) is 17.2. The molecule has 2 aromatic carbocycles. The van der Waals surface area contributed by atoms with Crippen molar-refractivity contribution in [3.05, 3.63) is 59.7 Å². The van der Waals surface area contributed by atoms with E-state index in [0.717, 1.165) is 30.4 Å². The predicted molar refractivity (Wildman–Crippen MR) is 90.8 cm³/mol. The number of carbonyl (C=O) groups is 1. The van der Waals surface area contributed by atoms with E-state index in [2.05, 4.69) is 37.3 Å². The Hall–Kier alpha value is -1.66. The molecule has 3 heteroatoms. The molecule has 2 aliphatic rings. The van der Waals surface area contributed by atoms with Crippen molar-refractivity contribution in [2.24, 2.45) is 11.8 Å². The molecule has 0 spiro atoms.